The summed E-state index contributed by atoms with van der Waals surface area (Å²) in [5.41, 5.74) is 1.11. The monoisotopic (exact) mass is 453 g/mol. The molecule has 0 spiro atoms. The minimum Gasteiger partial charge on any atom is -0.386 e. The van der Waals surface area contributed by atoms with Crippen LogP contribution in [0.1, 0.15) is 23.7 Å². The van der Waals surface area contributed by atoms with Gasteiger partial charge in [-0.05, 0) is 48.7 Å². The average Bonchev–Trinajstić information content (AvgIpc) is 2.79. The maximum Gasteiger partial charge on any atom is 0.315 e. The Balaban J connectivity index is 1.57. The molecule has 2 unspecified atom stereocenters. The van der Waals surface area contributed by atoms with E-state index in [9.17, 15) is 23.5 Å². The second-order valence-electron chi connectivity index (χ2n) is 6.39. The Kier molecular flexibility index (Phi) is 6.25. The highest BCUT2D eigenvalue weighted by atomic mass is 79.9. The van der Waals surface area contributed by atoms with Gasteiger partial charge in [0, 0.05) is 16.7 Å². The molecule has 2 aromatic carbocycles. The first-order valence-corrected chi connectivity index (χ1v) is 9.40. The smallest absolute Gasteiger partial charge is 0.315 e. The van der Waals surface area contributed by atoms with Crippen molar-refractivity contribution in [1.29, 1.82) is 0 Å². The van der Waals surface area contributed by atoms with Crippen LogP contribution in [0.4, 0.5) is 19.3 Å². The van der Waals surface area contributed by atoms with E-state index in [0.29, 0.717) is 18.5 Å². The molecule has 0 saturated carbocycles. The quantitative estimate of drug-likeness (QED) is 0.573. The molecule has 0 aromatic heterocycles. The number of aryl methyl sites for hydroxylation is 1. The molecule has 2 atom stereocenters. The van der Waals surface area contributed by atoms with Crippen molar-refractivity contribution in [3.8, 4) is 0 Å². The van der Waals surface area contributed by atoms with Crippen LogP contribution in [0.2, 0.25) is 0 Å². The van der Waals surface area contributed by atoms with Crippen molar-refractivity contribution in [3.63, 3.8) is 0 Å². The van der Waals surface area contributed by atoms with Crippen molar-refractivity contribution < 1.29 is 23.5 Å². The minimum atomic E-state index is -1.56. The van der Waals surface area contributed by atoms with E-state index in [1.807, 2.05) is 12.1 Å². The summed E-state index contributed by atoms with van der Waals surface area (Å²) in [4.78, 5) is 24.4. The van der Waals surface area contributed by atoms with Crippen LogP contribution in [0.25, 0.3) is 0 Å². The zero-order valence-electron chi connectivity index (χ0n) is 14.6. The van der Waals surface area contributed by atoms with Gasteiger partial charge in [-0.15, -0.1) is 0 Å². The SMILES string of the molecule is O=C(NCC(O)c1c(F)cccc1F)NC1CCc2cc(Br)ccc2NC1=O. The van der Waals surface area contributed by atoms with Crippen LogP contribution < -0.4 is 16.0 Å². The summed E-state index contributed by atoms with van der Waals surface area (Å²) in [6.07, 6.45) is -0.606. The Morgan fingerprint density at radius 1 is 1.29 bits per heavy atom. The fraction of sp³-hybridized carbons (Fsp3) is 0.263. The first-order valence-electron chi connectivity index (χ1n) is 8.61. The third kappa shape index (κ3) is 4.66. The number of halogens is 3. The molecule has 3 rings (SSSR count). The predicted octanol–water partition coefficient (Wildman–Crippen LogP) is 3.01. The van der Waals surface area contributed by atoms with Crippen LogP contribution in [0.5, 0.6) is 0 Å². The molecule has 6 nitrogen and oxygen atoms in total. The van der Waals surface area contributed by atoms with E-state index >= 15 is 0 Å². The Morgan fingerprint density at radius 3 is 2.71 bits per heavy atom. The van der Waals surface area contributed by atoms with Gasteiger partial charge in [0.2, 0.25) is 5.91 Å². The molecular formula is C19H18BrF2N3O3. The standard InChI is InChI=1S/C19H18BrF2N3O3/c20-11-5-7-14-10(8-11)4-6-15(18(27)24-14)25-19(28)23-9-16(26)17-12(21)2-1-3-13(17)22/h1-3,5,7-8,15-16,26H,4,6,9H2,(H,24,27)(H2,23,25,28). The molecule has 9 heteroatoms. The Bertz CT molecular complexity index is 890. The van der Waals surface area contributed by atoms with E-state index in [0.717, 1.165) is 22.2 Å². The average molecular weight is 454 g/mol. The molecule has 28 heavy (non-hydrogen) atoms. The summed E-state index contributed by atoms with van der Waals surface area (Å²) in [5, 5.41) is 17.6. The van der Waals surface area contributed by atoms with Crippen LogP contribution >= 0.6 is 15.9 Å². The lowest BCUT2D eigenvalue weighted by Crippen LogP contribution is -2.48. The number of benzene rings is 2. The van der Waals surface area contributed by atoms with Gasteiger partial charge >= 0.3 is 6.03 Å². The van der Waals surface area contributed by atoms with E-state index in [4.69, 9.17) is 0 Å². The number of nitrogens with one attached hydrogen (secondary N) is 3. The minimum absolute atomic E-state index is 0.364. The number of hydrogen-bond donors (Lipinski definition) is 4. The molecular weight excluding hydrogens is 436 g/mol. The maximum absolute atomic E-state index is 13.7. The fourth-order valence-electron chi connectivity index (χ4n) is 3.01. The zero-order chi connectivity index (χ0) is 20.3. The van der Waals surface area contributed by atoms with Crippen LogP contribution in [-0.2, 0) is 11.2 Å². The predicted molar refractivity (Wildman–Crippen MR) is 103 cm³/mol. The molecule has 2 aromatic rings. The first-order chi connectivity index (χ1) is 13.3. The number of rotatable bonds is 4. The van der Waals surface area contributed by atoms with Gasteiger partial charge in [-0.1, -0.05) is 22.0 Å². The number of urea groups is 1. The van der Waals surface area contributed by atoms with Crippen molar-refractivity contribution in [2.75, 3.05) is 11.9 Å². The van der Waals surface area contributed by atoms with Crippen molar-refractivity contribution in [1.82, 2.24) is 10.6 Å². The van der Waals surface area contributed by atoms with Gasteiger partial charge in [-0.3, -0.25) is 4.79 Å². The fourth-order valence-corrected chi connectivity index (χ4v) is 3.42. The van der Waals surface area contributed by atoms with E-state index in [-0.39, 0.29) is 5.91 Å². The summed E-state index contributed by atoms with van der Waals surface area (Å²) in [6.45, 7) is -0.412. The van der Waals surface area contributed by atoms with Gasteiger partial charge in [0.05, 0.1) is 5.56 Å². The second-order valence-corrected chi connectivity index (χ2v) is 7.30. The van der Waals surface area contributed by atoms with Gasteiger partial charge < -0.3 is 21.1 Å². The van der Waals surface area contributed by atoms with Crippen molar-refractivity contribution in [3.05, 3.63) is 63.6 Å². The molecule has 1 heterocycles. The summed E-state index contributed by atoms with van der Waals surface area (Å²) >= 11 is 3.38. The van der Waals surface area contributed by atoms with Gasteiger partial charge in [0.25, 0.3) is 0 Å². The van der Waals surface area contributed by atoms with Crippen LogP contribution in [-0.4, -0.2) is 29.6 Å². The molecule has 1 aliphatic heterocycles. The number of hydrogen-bond acceptors (Lipinski definition) is 3. The number of fused-ring (bicyclic) bond motifs is 1. The molecule has 1 aliphatic rings. The largest absolute Gasteiger partial charge is 0.386 e. The Hall–Kier alpha value is -2.52. The molecule has 0 fully saturated rings. The molecule has 3 amide bonds. The highest BCUT2D eigenvalue weighted by Crippen LogP contribution is 2.25. The summed E-state index contributed by atoms with van der Waals surface area (Å²) in [5.74, 6) is -2.17. The van der Waals surface area contributed by atoms with Gasteiger partial charge in [0.1, 0.15) is 23.8 Å². The van der Waals surface area contributed by atoms with Crippen LogP contribution in [0, 0.1) is 11.6 Å². The van der Waals surface area contributed by atoms with Crippen LogP contribution in [0.3, 0.4) is 0 Å². The van der Waals surface area contributed by atoms with E-state index < -0.39 is 41.9 Å². The van der Waals surface area contributed by atoms with Gasteiger partial charge in [-0.2, -0.15) is 0 Å². The van der Waals surface area contributed by atoms with Crippen LogP contribution in [0.15, 0.2) is 40.9 Å². The third-order valence-electron chi connectivity index (χ3n) is 4.44. The Labute approximate surface area is 168 Å². The number of amides is 3. The van der Waals surface area contributed by atoms with Crippen molar-refractivity contribution >= 4 is 33.6 Å². The maximum atomic E-state index is 13.7. The number of aliphatic hydroxyl groups excluding tert-OH is 1. The van der Waals surface area contributed by atoms with Crippen molar-refractivity contribution in [2.45, 2.75) is 25.0 Å². The van der Waals surface area contributed by atoms with Gasteiger partial charge in [0.15, 0.2) is 0 Å². The first kappa shape index (κ1) is 20.2. The number of carbonyl (C=O) groups is 2. The lowest BCUT2D eigenvalue weighted by Gasteiger charge is -2.18. The summed E-state index contributed by atoms with van der Waals surface area (Å²) in [7, 11) is 0. The molecule has 0 radical (unpaired) electrons. The van der Waals surface area contributed by atoms with E-state index in [1.165, 1.54) is 6.07 Å². The second kappa shape index (κ2) is 8.66. The highest BCUT2D eigenvalue weighted by molar-refractivity contribution is 9.10. The molecule has 4 N–H and O–H groups in total. The molecule has 0 saturated heterocycles. The third-order valence-corrected chi connectivity index (χ3v) is 4.93. The summed E-state index contributed by atoms with van der Waals surface area (Å²) in [6, 6.07) is 7.21. The van der Waals surface area contributed by atoms with Gasteiger partial charge in [-0.25, -0.2) is 13.6 Å². The zero-order valence-corrected chi connectivity index (χ0v) is 16.2. The summed E-state index contributed by atoms with van der Waals surface area (Å²) < 4.78 is 28.2. The Morgan fingerprint density at radius 2 is 2.00 bits per heavy atom. The highest BCUT2D eigenvalue weighted by Gasteiger charge is 2.26. The van der Waals surface area contributed by atoms with E-state index in [2.05, 4.69) is 31.9 Å². The topological polar surface area (TPSA) is 90.5 Å². The molecule has 148 valence electrons. The molecule has 0 bridgehead atoms. The number of anilines is 1. The lowest BCUT2D eigenvalue weighted by molar-refractivity contribution is -0.117. The van der Waals surface area contributed by atoms with Crippen molar-refractivity contribution in [2.24, 2.45) is 0 Å². The normalized spacial score (nSPS) is 17.1. The van der Waals surface area contributed by atoms with E-state index in [1.54, 1.807) is 6.07 Å². The molecule has 0 aliphatic carbocycles. The number of carbonyl (C=O) groups excluding carboxylic acids is 2. The number of aliphatic hydroxyl groups is 1. The lowest BCUT2D eigenvalue weighted by atomic mass is 10.1.